The number of hydrogen-bond donors (Lipinski definition) is 2. The van der Waals surface area contributed by atoms with Crippen LogP contribution in [-0.2, 0) is 0 Å². The third kappa shape index (κ3) is 2.78. The van der Waals surface area contributed by atoms with Crippen LogP contribution in [0.3, 0.4) is 0 Å². The zero-order chi connectivity index (χ0) is 12.3. The Bertz CT molecular complexity index is 604. The molecule has 0 unspecified atom stereocenters. The lowest BCUT2D eigenvalue weighted by Gasteiger charge is -2.04. The molecule has 5 heteroatoms. The quantitative estimate of drug-likeness (QED) is 0.815. The summed E-state index contributed by atoms with van der Waals surface area (Å²) in [6, 6.07) is 6.25. The van der Waals surface area contributed by atoms with E-state index < -0.39 is 0 Å². The fraction of sp³-hybridized carbons (Fsp3) is 0.0833. The number of anilines is 1. The molecule has 0 saturated carbocycles. The molecule has 2 aromatic rings. The molecule has 0 radical (unpaired) electrons. The van der Waals surface area contributed by atoms with E-state index in [2.05, 4.69) is 15.3 Å². The molecule has 2 rings (SSSR count). The van der Waals surface area contributed by atoms with Gasteiger partial charge in [0, 0.05) is 35.4 Å². The van der Waals surface area contributed by atoms with Gasteiger partial charge in [0.25, 0.3) is 5.91 Å². The summed E-state index contributed by atoms with van der Waals surface area (Å²) in [5.41, 5.74) is 1.49. The Morgan fingerprint density at radius 3 is 2.88 bits per heavy atom. The number of H-pyrrole nitrogens is 1. The van der Waals surface area contributed by atoms with E-state index in [1.54, 1.807) is 24.4 Å². The zero-order valence-electron chi connectivity index (χ0n) is 9.23. The second kappa shape index (κ2) is 4.61. The van der Waals surface area contributed by atoms with E-state index in [9.17, 15) is 9.59 Å². The second-order valence-corrected chi connectivity index (χ2v) is 3.58. The van der Waals surface area contributed by atoms with Crippen LogP contribution in [-0.4, -0.2) is 15.9 Å². The molecule has 2 N–H and O–H groups in total. The Morgan fingerprint density at radius 1 is 1.35 bits per heavy atom. The number of carbonyl (C=O) groups excluding carboxylic acids is 1. The highest BCUT2D eigenvalue weighted by atomic mass is 16.2. The van der Waals surface area contributed by atoms with Crippen LogP contribution in [0.4, 0.5) is 5.69 Å². The maximum Gasteiger partial charge on any atom is 0.255 e. The van der Waals surface area contributed by atoms with Gasteiger partial charge in [-0.25, -0.2) is 0 Å². The van der Waals surface area contributed by atoms with Crippen LogP contribution < -0.4 is 10.9 Å². The smallest absolute Gasteiger partial charge is 0.255 e. The minimum Gasteiger partial charge on any atom is -0.329 e. The van der Waals surface area contributed by atoms with Crippen molar-refractivity contribution in [2.24, 2.45) is 0 Å². The summed E-state index contributed by atoms with van der Waals surface area (Å²) in [5, 5.41) is 2.69. The van der Waals surface area contributed by atoms with Crippen LogP contribution in [0.1, 0.15) is 16.1 Å². The summed E-state index contributed by atoms with van der Waals surface area (Å²) in [4.78, 5) is 29.3. The van der Waals surface area contributed by atoms with Gasteiger partial charge in [-0.2, -0.15) is 0 Å². The Kier molecular flexibility index (Phi) is 3.00. The number of carbonyl (C=O) groups is 1. The fourth-order valence-corrected chi connectivity index (χ4v) is 1.41. The summed E-state index contributed by atoms with van der Waals surface area (Å²) >= 11 is 0. The van der Waals surface area contributed by atoms with Crippen molar-refractivity contribution in [3.05, 3.63) is 58.3 Å². The van der Waals surface area contributed by atoms with Gasteiger partial charge in [-0.15, -0.1) is 0 Å². The molecule has 0 bridgehead atoms. The van der Waals surface area contributed by atoms with Gasteiger partial charge >= 0.3 is 0 Å². The van der Waals surface area contributed by atoms with E-state index in [0.717, 1.165) is 5.69 Å². The Labute approximate surface area is 97.5 Å². The standard InChI is InChI=1S/C12H11N3O2/c1-8-6-10(3-5-13-8)15-12(17)9-2-4-14-11(16)7-9/h2-7H,1H3,(H,14,16)(H,13,15,17). The first-order valence-electron chi connectivity index (χ1n) is 5.08. The topological polar surface area (TPSA) is 74.8 Å². The first-order valence-corrected chi connectivity index (χ1v) is 5.08. The molecular weight excluding hydrogens is 218 g/mol. The Hall–Kier alpha value is -2.43. The van der Waals surface area contributed by atoms with Gasteiger partial charge < -0.3 is 10.3 Å². The molecule has 1 amide bonds. The van der Waals surface area contributed by atoms with Crippen LogP contribution in [0.2, 0.25) is 0 Å². The highest BCUT2D eigenvalue weighted by Crippen LogP contribution is 2.08. The summed E-state index contributed by atoms with van der Waals surface area (Å²) in [5.74, 6) is -0.318. The lowest BCUT2D eigenvalue weighted by molar-refractivity contribution is 0.102. The molecule has 2 heterocycles. The van der Waals surface area contributed by atoms with Gasteiger partial charge in [-0.05, 0) is 25.1 Å². The molecule has 0 aliphatic carbocycles. The molecule has 0 aliphatic heterocycles. The van der Waals surface area contributed by atoms with E-state index in [1.165, 1.54) is 12.3 Å². The molecule has 5 nitrogen and oxygen atoms in total. The average Bonchev–Trinajstić information content (AvgIpc) is 2.29. The average molecular weight is 229 g/mol. The van der Waals surface area contributed by atoms with Crippen molar-refractivity contribution >= 4 is 11.6 Å². The number of aromatic nitrogens is 2. The van der Waals surface area contributed by atoms with Crippen LogP contribution in [0.25, 0.3) is 0 Å². The molecule has 0 atom stereocenters. The number of nitrogens with zero attached hydrogens (tertiary/aromatic N) is 1. The van der Waals surface area contributed by atoms with Crippen molar-refractivity contribution in [3.63, 3.8) is 0 Å². The van der Waals surface area contributed by atoms with Crippen molar-refractivity contribution in [3.8, 4) is 0 Å². The van der Waals surface area contributed by atoms with Gasteiger partial charge in [0.1, 0.15) is 0 Å². The zero-order valence-corrected chi connectivity index (χ0v) is 9.23. The Morgan fingerprint density at radius 2 is 2.18 bits per heavy atom. The number of hydrogen-bond acceptors (Lipinski definition) is 3. The predicted molar refractivity (Wildman–Crippen MR) is 64.0 cm³/mol. The summed E-state index contributed by atoms with van der Waals surface area (Å²) in [6.45, 7) is 1.84. The van der Waals surface area contributed by atoms with Crippen LogP contribution in [0.15, 0.2) is 41.5 Å². The van der Waals surface area contributed by atoms with Gasteiger partial charge in [0.2, 0.25) is 5.56 Å². The van der Waals surface area contributed by atoms with Gasteiger partial charge in [-0.1, -0.05) is 0 Å². The minimum atomic E-state index is -0.318. The lowest BCUT2D eigenvalue weighted by atomic mass is 10.2. The SMILES string of the molecule is Cc1cc(NC(=O)c2cc[nH]c(=O)c2)ccn1. The van der Waals surface area contributed by atoms with E-state index in [0.29, 0.717) is 11.3 Å². The maximum absolute atomic E-state index is 11.8. The fourth-order valence-electron chi connectivity index (χ4n) is 1.41. The number of amides is 1. The van der Waals surface area contributed by atoms with Crippen LogP contribution in [0, 0.1) is 6.92 Å². The number of aryl methyl sites for hydroxylation is 1. The highest BCUT2D eigenvalue weighted by molar-refractivity contribution is 6.04. The Balaban J connectivity index is 2.20. The van der Waals surface area contributed by atoms with E-state index in [1.807, 2.05) is 6.92 Å². The van der Waals surface area contributed by atoms with Gasteiger partial charge in [0.05, 0.1) is 0 Å². The largest absolute Gasteiger partial charge is 0.329 e. The number of pyridine rings is 2. The third-order valence-corrected chi connectivity index (χ3v) is 2.19. The van der Waals surface area contributed by atoms with Gasteiger partial charge in [-0.3, -0.25) is 14.6 Å². The van der Waals surface area contributed by atoms with Crippen molar-refractivity contribution in [1.29, 1.82) is 0 Å². The molecule has 0 aromatic carbocycles. The third-order valence-electron chi connectivity index (χ3n) is 2.19. The van der Waals surface area contributed by atoms with Crippen molar-refractivity contribution in [2.45, 2.75) is 6.92 Å². The maximum atomic E-state index is 11.8. The molecule has 0 aliphatic rings. The number of rotatable bonds is 2. The number of aromatic amines is 1. The monoisotopic (exact) mass is 229 g/mol. The summed E-state index contributed by atoms with van der Waals surface area (Å²) in [7, 11) is 0. The molecule has 0 fully saturated rings. The van der Waals surface area contributed by atoms with Crippen LogP contribution >= 0.6 is 0 Å². The van der Waals surface area contributed by atoms with Crippen LogP contribution in [0.5, 0.6) is 0 Å². The minimum absolute atomic E-state index is 0.302. The number of nitrogens with one attached hydrogen (secondary N) is 2. The molecule has 17 heavy (non-hydrogen) atoms. The van der Waals surface area contributed by atoms with E-state index in [4.69, 9.17) is 0 Å². The van der Waals surface area contributed by atoms with Gasteiger partial charge in [0.15, 0.2) is 0 Å². The highest BCUT2D eigenvalue weighted by Gasteiger charge is 2.06. The van der Waals surface area contributed by atoms with Crippen molar-refractivity contribution in [2.75, 3.05) is 5.32 Å². The first kappa shape index (κ1) is 11.1. The normalized spacial score (nSPS) is 9.94. The lowest BCUT2D eigenvalue weighted by Crippen LogP contribution is -2.15. The van der Waals surface area contributed by atoms with Crippen molar-refractivity contribution in [1.82, 2.24) is 9.97 Å². The molecular formula is C12H11N3O2. The summed E-state index contributed by atoms with van der Waals surface area (Å²) in [6.07, 6.45) is 3.05. The molecule has 2 aromatic heterocycles. The molecule has 0 saturated heterocycles. The predicted octanol–water partition coefficient (Wildman–Crippen LogP) is 1.33. The first-order chi connectivity index (χ1) is 8.15. The summed E-state index contributed by atoms with van der Waals surface area (Å²) < 4.78 is 0. The van der Waals surface area contributed by atoms with E-state index >= 15 is 0 Å². The molecule has 0 spiro atoms. The van der Waals surface area contributed by atoms with E-state index in [-0.39, 0.29) is 11.5 Å². The van der Waals surface area contributed by atoms with Crippen molar-refractivity contribution < 1.29 is 4.79 Å². The molecule has 86 valence electrons. The second-order valence-electron chi connectivity index (χ2n) is 3.58.